The molecule has 0 nitrogen and oxygen atoms in total. The third kappa shape index (κ3) is 2.08. The van der Waals surface area contributed by atoms with Gasteiger partial charge in [0, 0.05) is 5.39 Å². The first-order valence-electron chi connectivity index (χ1n) is 6.88. The summed E-state index contributed by atoms with van der Waals surface area (Å²) in [6, 6.07) is 18.5. The van der Waals surface area contributed by atoms with Crippen LogP contribution in [-0.4, -0.2) is 0 Å². The molecule has 0 heterocycles. The molecular weight excluding hydrogens is 240 g/mol. The number of rotatable bonds is 2. The first-order chi connectivity index (χ1) is 9.86. The lowest BCUT2D eigenvalue weighted by Gasteiger charge is -2.10. The van der Waals surface area contributed by atoms with E-state index in [1.54, 1.807) is 0 Å². The smallest absolute Gasteiger partial charge is 0.0406 e. The third-order valence-corrected chi connectivity index (χ3v) is 3.28. The van der Waals surface area contributed by atoms with Crippen molar-refractivity contribution in [2.75, 3.05) is 0 Å². The summed E-state index contributed by atoms with van der Waals surface area (Å²) < 4.78 is 0. The average Bonchev–Trinajstić information content (AvgIpc) is 2.55. The van der Waals surface area contributed by atoms with Gasteiger partial charge in [-0.1, -0.05) is 75.6 Å². The van der Waals surface area contributed by atoms with Crippen molar-refractivity contribution in [3.8, 4) is 0 Å². The molecule has 0 fully saturated rings. The molecule has 0 radical (unpaired) electrons. The van der Waals surface area contributed by atoms with E-state index in [9.17, 15) is 0 Å². The molecule has 0 saturated heterocycles. The normalized spacial score (nSPS) is 9.50. The van der Waals surface area contributed by atoms with E-state index in [0.29, 0.717) is 0 Å². The predicted molar refractivity (Wildman–Crippen MR) is 90.7 cm³/mol. The molecule has 0 atom stereocenters. The van der Waals surface area contributed by atoms with Crippen LogP contribution < -0.4 is 0 Å². The lowest BCUT2D eigenvalue weighted by atomic mass is 9.92. The minimum absolute atomic E-state index is 1.09. The molecule has 0 aromatic heterocycles. The van der Waals surface area contributed by atoms with Crippen LogP contribution in [-0.2, 0) is 0 Å². The lowest BCUT2D eigenvalue weighted by Crippen LogP contribution is -1.87. The van der Waals surface area contributed by atoms with Crippen LogP contribution in [0.2, 0.25) is 0 Å². The van der Waals surface area contributed by atoms with Crippen molar-refractivity contribution in [1.82, 2.24) is 0 Å². The van der Waals surface area contributed by atoms with Crippen LogP contribution in [0.4, 0.5) is 0 Å². The Bertz CT molecular complexity index is 697. The Morgan fingerprint density at radius 2 is 1.45 bits per heavy atom. The summed E-state index contributed by atoms with van der Waals surface area (Å²) in [7, 11) is 0. The summed E-state index contributed by atoms with van der Waals surface area (Å²) in [5.74, 6) is 0. The molecule has 0 heteroatoms. The summed E-state index contributed by atoms with van der Waals surface area (Å²) in [6.07, 6.45) is 3.79. The minimum atomic E-state index is 1.09. The van der Waals surface area contributed by atoms with E-state index in [0.717, 1.165) is 21.9 Å². The van der Waals surface area contributed by atoms with Gasteiger partial charge in [0.1, 0.15) is 0 Å². The Hall–Kier alpha value is -2.52. The fraction of sp³-hybridized carbons (Fsp3) is 0.100. The SMILES string of the molecule is C=Cc1c(C=C)c2ccccc2c2c#cccc12.CC. The van der Waals surface area contributed by atoms with E-state index in [1.165, 1.54) is 10.8 Å². The second-order valence-electron chi connectivity index (χ2n) is 4.17. The topological polar surface area (TPSA) is 0 Å². The highest BCUT2D eigenvalue weighted by Gasteiger charge is 2.09. The maximum Gasteiger partial charge on any atom is 0.0406 e. The Morgan fingerprint density at radius 1 is 0.850 bits per heavy atom. The molecular formula is C20H18. The average molecular weight is 258 g/mol. The van der Waals surface area contributed by atoms with E-state index in [-0.39, 0.29) is 0 Å². The number of benzene rings is 2. The molecule has 0 spiro atoms. The molecule has 3 rings (SSSR count). The molecule has 0 N–H and O–H groups in total. The molecule has 3 aromatic carbocycles. The van der Waals surface area contributed by atoms with Crippen LogP contribution in [0.3, 0.4) is 0 Å². The van der Waals surface area contributed by atoms with E-state index in [4.69, 9.17) is 0 Å². The Kier molecular flexibility index (Phi) is 4.23. The summed E-state index contributed by atoms with van der Waals surface area (Å²) in [5.41, 5.74) is 2.25. The molecule has 0 saturated carbocycles. The Labute approximate surface area is 121 Å². The first-order valence-corrected chi connectivity index (χ1v) is 6.88. The molecule has 3 aromatic rings. The Balaban J connectivity index is 0.000000704. The van der Waals surface area contributed by atoms with E-state index >= 15 is 0 Å². The highest BCUT2D eigenvalue weighted by molar-refractivity contribution is 6.13. The van der Waals surface area contributed by atoms with Crippen molar-refractivity contribution in [3.05, 3.63) is 72.8 Å². The lowest BCUT2D eigenvalue weighted by molar-refractivity contribution is 1.50. The third-order valence-electron chi connectivity index (χ3n) is 3.28. The van der Waals surface area contributed by atoms with Crippen LogP contribution in [0.5, 0.6) is 0 Å². The second-order valence-corrected chi connectivity index (χ2v) is 4.17. The van der Waals surface area contributed by atoms with E-state index in [2.05, 4.69) is 43.5 Å². The zero-order valence-electron chi connectivity index (χ0n) is 12.0. The van der Waals surface area contributed by atoms with Gasteiger partial charge in [0.05, 0.1) is 0 Å². The maximum absolute atomic E-state index is 3.93. The highest BCUT2D eigenvalue weighted by Crippen LogP contribution is 2.32. The molecule has 98 valence electrons. The van der Waals surface area contributed by atoms with Gasteiger partial charge in [-0.25, -0.2) is 0 Å². The van der Waals surface area contributed by atoms with Crippen molar-refractivity contribution in [2.24, 2.45) is 0 Å². The summed E-state index contributed by atoms with van der Waals surface area (Å²) >= 11 is 0. The Morgan fingerprint density at radius 3 is 2.10 bits per heavy atom. The monoisotopic (exact) mass is 258 g/mol. The molecule has 0 bridgehead atoms. The van der Waals surface area contributed by atoms with Gasteiger partial charge in [0.25, 0.3) is 0 Å². The number of hydrogen-bond donors (Lipinski definition) is 0. The quantitative estimate of drug-likeness (QED) is 0.536. The number of hydrogen-bond acceptors (Lipinski definition) is 0. The van der Waals surface area contributed by atoms with Crippen LogP contribution >= 0.6 is 0 Å². The molecule has 0 unspecified atom stereocenters. The largest absolute Gasteiger partial charge is 0.0984 e. The van der Waals surface area contributed by atoms with Crippen LogP contribution in [0, 0.1) is 12.1 Å². The molecule has 0 aliphatic carbocycles. The van der Waals surface area contributed by atoms with Crippen molar-refractivity contribution >= 4 is 33.7 Å². The van der Waals surface area contributed by atoms with Gasteiger partial charge in [0.15, 0.2) is 0 Å². The zero-order chi connectivity index (χ0) is 14.5. The summed E-state index contributed by atoms with van der Waals surface area (Å²) in [5, 5.41) is 4.61. The van der Waals surface area contributed by atoms with Crippen molar-refractivity contribution in [3.63, 3.8) is 0 Å². The zero-order valence-corrected chi connectivity index (χ0v) is 12.0. The fourth-order valence-electron chi connectivity index (χ4n) is 2.49. The summed E-state index contributed by atoms with van der Waals surface area (Å²) in [6.45, 7) is 11.9. The highest BCUT2D eigenvalue weighted by atomic mass is 14.1. The van der Waals surface area contributed by atoms with Crippen LogP contribution in [0.15, 0.2) is 49.6 Å². The van der Waals surface area contributed by atoms with E-state index in [1.807, 2.05) is 44.2 Å². The van der Waals surface area contributed by atoms with Gasteiger partial charge in [0.2, 0.25) is 0 Å². The molecule has 0 aliphatic heterocycles. The van der Waals surface area contributed by atoms with Crippen molar-refractivity contribution < 1.29 is 0 Å². The fourth-order valence-corrected chi connectivity index (χ4v) is 2.49. The first kappa shape index (κ1) is 13.9. The maximum atomic E-state index is 3.93. The number of fused-ring (bicyclic) bond motifs is 3. The van der Waals surface area contributed by atoms with Gasteiger partial charge < -0.3 is 0 Å². The van der Waals surface area contributed by atoms with Gasteiger partial charge in [-0.15, -0.1) is 0 Å². The van der Waals surface area contributed by atoms with E-state index < -0.39 is 0 Å². The van der Waals surface area contributed by atoms with Gasteiger partial charge in [-0.2, -0.15) is 0 Å². The van der Waals surface area contributed by atoms with Gasteiger partial charge in [-0.05, 0) is 39.4 Å². The second kappa shape index (κ2) is 6.08. The predicted octanol–water partition coefficient (Wildman–Crippen LogP) is 5.91. The molecule has 0 amide bonds. The molecule has 0 aliphatic rings. The molecule has 20 heavy (non-hydrogen) atoms. The van der Waals surface area contributed by atoms with Crippen molar-refractivity contribution in [2.45, 2.75) is 13.8 Å². The van der Waals surface area contributed by atoms with Gasteiger partial charge in [-0.3, -0.25) is 0 Å². The standard InChI is InChI=1S/C18H12.C2H6/c1-3-13-14(4-2)16-10-6-8-12-18(16)17-11-7-5-9-15(13)17;1-2/h3-7,9-11H,1-2H2;1-2H3. The van der Waals surface area contributed by atoms with Crippen molar-refractivity contribution in [1.29, 1.82) is 0 Å². The van der Waals surface area contributed by atoms with Crippen LogP contribution in [0.1, 0.15) is 25.0 Å². The van der Waals surface area contributed by atoms with Gasteiger partial charge >= 0.3 is 0 Å². The minimum Gasteiger partial charge on any atom is -0.0984 e. The summed E-state index contributed by atoms with van der Waals surface area (Å²) in [4.78, 5) is 0. The van der Waals surface area contributed by atoms with Crippen LogP contribution in [0.25, 0.3) is 33.7 Å².